The minimum Gasteiger partial charge on any atom is -0.480 e. The van der Waals surface area contributed by atoms with Gasteiger partial charge in [-0.3, -0.25) is 9.59 Å². The highest BCUT2D eigenvalue weighted by Gasteiger charge is 2.19. The monoisotopic (exact) mass is 429 g/mol. The van der Waals surface area contributed by atoms with Crippen LogP contribution >= 0.6 is 0 Å². The van der Waals surface area contributed by atoms with Crippen LogP contribution in [0.3, 0.4) is 0 Å². The molecule has 0 amide bonds. The van der Waals surface area contributed by atoms with E-state index in [-0.39, 0.29) is 24.2 Å². The molecule has 0 aliphatic carbocycles. The lowest BCUT2D eigenvalue weighted by Gasteiger charge is -2.10. The van der Waals surface area contributed by atoms with Gasteiger partial charge in [-0.1, -0.05) is 38.5 Å². The summed E-state index contributed by atoms with van der Waals surface area (Å²) in [6, 6.07) is 0.726. The number of ether oxygens (including phenoxy) is 1. The van der Waals surface area contributed by atoms with Gasteiger partial charge in [0.1, 0.15) is 12.4 Å². The maximum Gasteiger partial charge on any atom is 0.203 e. The number of aryl methyl sites for hydroxylation is 1. The molecule has 0 fully saturated rings. The fraction of sp³-hybridized carbons (Fsp3) is 0.652. The molecule has 0 spiro atoms. The van der Waals surface area contributed by atoms with E-state index in [2.05, 4.69) is 5.32 Å². The maximum absolute atomic E-state index is 13.8. The molecule has 1 aromatic rings. The van der Waals surface area contributed by atoms with E-state index in [9.17, 15) is 22.8 Å². The van der Waals surface area contributed by atoms with E-state index in [0.717, 1.165) is 31.9 Å². The molecule has 0 aromatic heterocycles. The normalized spacial score (nSPS) is 11.0. The van der Waals surface area contributed by atoms with E-state index < -0.39 is 35.6 Å². The van der Waals surface area contributed by atoms with Crippen molar-refractivity contribution < 1.29 is 27.5 Å². The molecule has 170 valence electrons. The van der Waals surface area contributed by atoms with Gasteiger partial charge in [0.05, 0.1) is 0 Å². The van der Waals surface area contributed by atoms with Crippen LogP contribution < -0.4 is 10.1 Å². The van der Waals surface area contributed by atoms with E-state index in [0.29, 0.717) is 6.42 Å². The number of nitrogens with one attached hydrogen (secondary N) is 1. The summed E-state index contributed by atoms with van der Waals surface area (Å²) in [5.41, 5.74) is -0.111. The number of Topliss-reactive ketones (excluding diaryl/α,β-unsaturated/α-hetero) is 2. The Morgan fingerprint density at radius 2 is 1.40 bits per heavy atom. The van der Waals surface area contributed by atoms with Crippen molar-refractivity contribution in [2.75, 3.05) is 20.2 Å². The van der Waals surface area contributed by atoms with Crippen molar-refractivity contribution in [1.82, 2.24) is 5.32 Å². The summed E-state index contributed by atoms with van der Waals surface area (Å²) >= 11 is 0. The zero-order valence-electron chi connectivity index (χ0n) is 18.1. The van der Waals surface area contributed by atoms with Crippen LogP contribution in [-0.4, -0.2) is 31.8 Å². The second-order valence-corrected chi connectivity index (χ2v) is 7.68. The molecule has 0 heterocycles. The third-order valence-corrected chi connectivity index (χ3v) is 4.99. The number of halogens is 3. The molecule has 0 aliphatic heterocycles. The average Bonchev–Trinajstić information content (AvgIpc) is 2.72. The summed E-state index contributed by atoms with van der Waals surface area (Å²) in [4.78, 5) is 23.7. The Morgan fingerprint density at radius 3 is 2.03 bits per heavy atom. The molecule has 0 aliphatic rings. The molecule has 0 saturated heterocycles. The number of benzene rings is 1. The van der Waals surface area contributed by atoms with E-state index in [4.69, 9.17) is 4.74 Å². The SMILES string of the molecule is CNCCCCCCCCCCC(=O)CCC(=O)COc1c(F)c(C)cc(F)c1F. The summed E-state index contributed by atoms with van der Waals surface area (Å²) in [6.45, 7) is 1.74. The summed E-state index contributed by atoms with van der Waals surface area (Å²) in [7, 11) is 1.96. The summed E-state index contributed by atoms with van der Waals surface area (Å²) < 4.78 is 45.6. The first-order chi connectivity index (χ1) is 14.4. The van der Waals surface area contributed by atoms with E-state index in [1.54, 1.807) is 0 Å². The van der Waals surface area contributed by atoms with Gasteiger partial charge in [0.25, 0.3) is 0 Å². The molecule has 1 N–H and O–H groups in total. The van der Waals surface area contributed by atoms with Crippen LogP contribution in [0.1, 0.15) is 76.2 Å². The average molecular weight is 430 g/mol. The Balaban J connectivity index is 2.13. The third kappa shape index (κ3) is 10.2. The molecule has 1 rings (SSSR count). The zero-order valence-corrected chi connectivity index (χ0v) is 18.1. The standard InChI is InChI=1S/C23H34F3NO3/c1-17-15-20(24)22(26)23(21(17)25)30-16-19(29)13-12-18(28)11-9-7-5-3-4-6-8-10-14-27-2/h15,27H,3-14,16H2,1-2H3. The molecule has 0 radical (unpaired) electrons. The van der Waals surface area contributed by atoms with Crippen molar-refractivity contribution in [2.24, 2.45) is 0 Å². The molecule has 0 saturated carbocycles. The minimum absolute atomic E-state index is 0.00521. The van der Waals surface area contributed by atoms with Crippen molar-refractivity contribution in [3.63, 3.8) is 0 Å². The van der Waals surface area contributed by atoms with Gasteiger partial charge in [0, 0.05) is 19.3 Å². The molecule has 0 bridgehead atoms. The summed E-state index contributed by atoms with van der Waals surface area (Å²) in [6.07, 6.45) is 9.47. The predicted octanol–water partition coefficient (Wildman–Crippen LogP) is 5.44. The lowest BCUT2D eigenvalue weighted by Crippen LogP contribution is -2.15. The van der Waals surface area contributed by atoms with Crippen LogP contribution in [0, 0.1) is 24.4 Å². The first kappa shape index (κ1) is 26.1. The largest absolute Gasteiger partial charge is 0.480 e. The molecule has 4 nitrogen and oxygen atoms in total. The Kier molecular flexibility index (Phi) is 13.1. The van der Waals surface area contributed by atoms with Gasteiger partial charge in [0.15, 0.2) is 23.2 Å². The van der Waals surface area contributed by atoms with Crippen LogP contribution in [0.2, 0.25) is 0 Å². The number of unbranched alkanes of at least 4 members (excludes halogenated alkanes) is 7. The lowest BCUT2D eigenvalue weighted by molar-refractivity contribution is -0.125. The fourth-order valence-corrected chi connectivity index (χ4v) is 3.14. The minimum atomic E-state index is -1.46. The van der Waals surface area contributed by atoms with Crippen molar-refractivity contribution >= 4 is 11.6 Å². The number of carbonyl (C=O) groups is 2. The second kappa shape index (κ2) is 15.0. The highest BCUT2D eigenvalue weighted by molar-refractivity contribution is 5.86. The van der Waals surface area contributed by atoms with Gasteiger partial charge < -0.3 is 10.1 Å². The number of rotatable bonds is 17. The summed E-state index contributed by atoms with van der Waals surface area (Å²) in [5, 5.41) is 3.13. The molecule has 7 heteroatoms. The first-order valence-electron chi connectivity index (χ1n) is 10.8. The van der Waals surface area contributed by atoms with Crippen LogP contribution in [0.4, 0.5) is 13.2 Å². The number of hydrogen-bond donors (Lipinski definition) is 1. The lowest BCUT2D eigenvalue weighted by atomic mass is 10.0. The van der Waals surface area contributed by atoms with Crippen LogP contribution in [0.15, 0.2) is 6.07 Å². The first-order valence-corrected chi connectivity index (χ1v) is 10.8. The molecule has 1 aromatic carbocycles. The van der Waals surface area contributed by atoms with Crippen molar-refractivity contribution in [3.8, 4) is 5.75 Å². The van der Waals surface area contributed by atoms with Crippen molar-refractivity contribution in [2.45, 2.75) is 77.6 Å². The molecular weight excluding hydrogens is 395 g/mol. The maximum atomic E-state index is 13.8. The highest BCUT2D eigenvalue weighted by Crippen LogP contribution is 2.26. The van der Waals surface area contributed by atoms with Crippen LogP contribution in [0.5, 0.6) is 5.75 Å². The van der Waals surface area contributed by atoms with Gasteiger partial charge in [0.2, 0.25) is 5.82 Å². The smallest absolute Gasteiger partial charge is 0.203 e. The van der Waals surface area contributed by atoms with Gasteiger partial charge >= 0.3 is 0 Å². The van der Waals surface area contributed by atoms with Gasteiger partial charge in [-0.05, 0) is 45.0 Å². The Bertz CT molecular complexity index is 654. The van der Waals surface area contributed by atoms with Gasteiger partial charge in [-0.2, -0.15) is 4.39 Å². The van der Waals surface area contributed by atoms with Crippen molar-refractivity contribution in [1.29, 1.82) is 0 Å². The molecule has 0 unspecified atom stereocenters. The Labute approximate surface area is 177 Å². The van der Waals surface area contributed by atoms with Gasteiger partial charge in [-0.15, -0.1) is 0 Å². The summed E-state index contributed by atoms with van der Waals surface area (Å²) in [5.74, 6) is -5.08. The van der Waals surface area contributed by atoms with E-state index in [1.807, 2.05) is 7.05 Å². The second-order valence-electron chi connectivity index (χ2n) is 7.68. The third-order valence-electron chi connectivity index (χ3n) is 4.99. The Morgan fingerprint density at radius 1 is 0.833 bits per heavy atom. The Hall–Kier alpha value is -1.89. The number of ketones is 2. The molecule has 0 atom stereocenters. The van der Waals surface area contributed by atoms with E-state index in [1.165, 1.54) is 39.0 Å². The predicted molar refractivity (Wildman–Crippen MR) is 111 cm³/mol. The zero-order chi connectivity index (χ0) is 22.4. The van der Waals surface area contributed by atoms with Crippen molar-refractivity contribution in [3.05, 3.63) is 29.1 Å². The number of hydrogen-bond acceptors (Lipinski definition) is 4. The topological polar surface area (TPSA) is 55.4 Å². The van der Waals surface area contributed by atoms with Crippen LogP contribution in [0.25, 0.3) is 0 Å². The molecule has 30 heavy (non-hydrogen) atoms. The van der Waals surface area contributed by atoms with E-state index >= 15 is 0 Å². The molecular formula is C23H34F3NO3. The number of carbonyl (C=O) groups excluding carboxylic acids is 2. The highest BCUT2D eigenvalue weighted by atomic mass is 19.2. The quantitative estimate of drug-likeness (QED) is 0.265. The van der Waals surface area contributed by atoms with Crippen LogP contribution in [-0.2, 0) is 9.59 Å². The fourth-order valence-electron chi connectivity index (χ4n) is 3.14. The van der Waals surface area contributed by atoms with Gasteiger partial charge in [-0.25, -0.2) is 8.78 Å².